The maximum Gasteiger partial charge on any atom is 1.00 e. The van der Waals surface area contributed by atoms with Gasteiger partial charge in [-0.15, -0.1) is 0 Å². The van der Waals surface area contributed by atoms with Gasteiger partial charge in [0, 0.05) is 6.54 Å². The second-order valence-corrected chi connectivity index (χ2v) is 8.92. The van der Waals surface area contributed by atoms with Crippen molar-refractivity contribution in [2.24, 2.45) is 5.73 Å². The van der Waals surface area contributed by atoms with Gasteiger partial charge >= 0.3 is 29.6 Å². The second-order valence-electron chi connectivity index (χ2n) is 7.16. The Balaban J connectivity index is -0.00000312. The Morgan fingerprint density at radius 1 is 0.778 bits per heavy atom. The van der Waals surface area contributed by atoms with Crippen LogP contribution in [0.4, 0.5) is 0 Å². The van der Waals surface area contributed by atoms with Crippen LogP contribution in [0, 0.1) is 0 Å². The molecule has 2 N–H and O–H groups in total. The summed E-state index contributed by atoms with van der Waals surface area (Å²) in [5, 5.41) is 0. The van der Waals surface area contributed by atoms with Crippen molar-refractivity contribution in [1.82, 2.24) is 0 Å². The molecule has 0 aliphatic heterocycles. The fourth-order valence-corrected chi connectivity index (χ4v) is 3.69. The molecule has 0 aromatic heterocycles. The second kappa shape index (κ2) is 22.9. The Labute approximate surface area is 193 Å². The molecule has 0 saturated carbocycles. The van der Waals surface area contributed by atoms with Crippen LogP contribution in [0.3, 0.4) is 0 Å². The van der Waals surface area contributed by atoms with E-state index in [0.717, 1.165) is 19.3 Å². The molecule has 27 heavy (non-hydrogen) atoms. The summed E-state index contributed by atoms with van der Waals surface area (Å²) in [5.41, 5.74) is 5.22. The van der Waals surface area contributed by atoms with Gasteiger partial charge in [0.2, 0.25) is 0 Å². The fraction of sp³-hybridized carbons (Fsp3) is 0.905. The van der Waals surface area contributed by atoms with Crippen LogP contribution in [0.1, 0.15) is 105 Å². The third-order valence-corrected chi connectivity index (χ3v) is 5.80. The van der Waals surface area contributed by atoms with Crippen LogP contribution in [-0.2, 0) is 14.3 Å². The molecule has 0 radical (unpaired) electrons. The molecular weight excluding hydrogens is 369 g/mol. The predicted molar refractivity (Wildman–Crippen MR) is 114 cm³/mol. The molecule has 0 aliphatic carbocycles. The van der Waals surface area contributed by atoms with Gasteiger partial charge in [-0.1, -0.05) is 83.3 Å². The normalized spacial score (nSPS) is 11.8. The molecule has 158 valence electrons. The Kier molecular flexibility index (Phi) is 25.3. The van der Waals surface area contributed by atoms with Crippen molar-refractivity contribution in [3.05, 3.63) is 12.2 Å². The van der Waals surface area contributed by atoms with Crippen molar-refractivity contribution in [2.75, 3.05) is 18.9 Å². The molecular formula is C21H44NNaO3S. The van der Waals surface area contributed by atoms with Crippen molar-refractivity contribution < 1.29 is 43.6 Å². The smallest absolute Gasteiger partial charge is 1.00 e. The van der Waals surface area contributed by atoms with Crippen LogP contribution >= 0.6 is 0 Å². The first-order valence-corrected chi connectivity index (χ1v) is 12.4. The number of rotatable bonds is 20. The minimum atomic E-state index is -3.39. The standard InChI is InChI=1S/C21H43NO3S.Na.H/c1-2-3-4-5-6-7-8-9-10-11-12-13-14-15-16-17-18-20-25-26(23,24)21-19-22;;/h9-10H,2-8,11-22H2,1H3;;/q;+1;-1/b10-9-;;. The molecule has 0 unspecified atom stereocenters. The molecule has 0 fully saturated rings. The number of hydrogen-bond acceptors (Lipinski definition) is 4. The van der Waals surface area contributed by atoms with E-state index in [-0.39, 0.29) is 43.3 Å². The summed E-state index contributed by atoms with van der Waals surface area (Å²) in [5.74, 6) is -0.0829. The van der Waals surface area contributed by atoms with Crippen molar-refractivity contribution >= 4 is 10.1 Å². The Morgan fingerprint density at radius 2 is 1.22 bits per heavy atom. The molecule has 0 atom stereocenters. The molecule has 0 amide bonds. The summed E-state index contributed by atoms with van der Waals surface area (Å²) >= 11 is 0. The molecule has 6 heteroatoms. The van der Waals surface area contributed by atoms with E-state index in [9.17, 15) is 8.42 Å². The van der Waals surface area contributed by atoms with Crippen LogP contribution in [0.5, 0.6) is 0 Å². The summed E-state index contributed by atoms with van der Waals surface area (Å²) in [6, 6.07) is 0. The summed E-state index contributed by atoms with van der Waals surface area (Å²) in [6.07, 6.45) is 23.5. The Bertz CT molecular complexity index is 420. The first-order chi connectivity index (χ1) is 12.6. The van der Waals surface area contributed by atoms with Crippen LogP contribution in [0.2, 0.25) is 0 Å². The first-order valence-electron chi connectivity index (χ1n) is 10.8. The van der Waals surface area contributed by atoms with E-state index >= 15 is 0 Å². The van der Waals surface area contributed by atoms with Crippen molar-refractivity contribution in [3.8, 4) is 0 Å². The van der Waals surface area contributed by atoms with Gasteiger partial charge in [0.05, 0.1) is 12.4 Å². The summed E-state index contributed by atoms with van der Waals surface area (Å²) < 4.78 is 27.5. The summed E-state index contributed by atoms with van der Waals surface area (Å²) in [4.78, 5) is 0. The van der Waals surface area contributed by atoms with Gasteiger partial charge in [0.15, 0.2) is 0 Å². The zero-order chi connectivity index (χ0) is 19.3. The van der Waals surface area contributed by atoms with Crippen molar-refractivity contribution in [2.45, 2.75) is 103 Å². The van der Waals surface area contributed by atoms with E-state index in [2.05, 4.69) is 19.1 Å². The van der Waals surface area contributed by atoms with E-state index in [1.807, 2.05) is 0 Å². The summed E-state index contributed by atoms with van der Waals surface area (Å²) in [6.45, 7) is 2.68. The van der Waals surface area contributed by atoms with Gasteiger partial charge in [0.1, 0.15) is 0 Å². The zero-order valence-corrected chi connectivity index (χ0v) is 20.9. The molecule has 4 nitrogen and oxygen atoms in total. The third kappa shape index (κ3) is 24.6. The molecule has 0 saturated heterocycles. The minimum absolute atomic E-state index is 0. The predicted octanol–water partition coefficient (Wildman–Crippen LogP) is 2.84. The van der Waals surface area contributed by atoms with Crippen molar-refractivity contribution in [3.63, 3.8) is 0 Å². The van der Waals surface area contributed by atoms with E-state index in [1.165, 1.54) is 77.0 Å². The van der Waals surface area contributed by atoms with Crippen LogP contribution in [0.25, 0.3) is 0 Å². The maximum atomic E-state index is 11.3. The number of hydrogen-bond donors (Lipinski definition) is 1. The third-order valence-electron chi connectivity index (χ3n) is 4.54. The van der Waals surface area contributed by atoms with E-state index < -0.39 is 10.1 Å². The minimum Gasteiger partial charge on any atom is -1.00 e. The van der Waals surface area contributed by atoms with Crippen LogP contribution < -0.4 is 35.3 Å². The zero-order valence-electron chi connectivity index (χ0n) is 19.1. The molecule has 0 aliphatic rings. The average Bonchev–Trinajstić information content (AvgIpc) is 2.60. The van der Waals surface area contributed by atoms with Gasteiger partial charge in [0.25, 0.3) is 10.1 Å². The molecule has 0 aromatic carbocycles. The van der Waals surface area contributed by atoms with Crippen LogP contribution in [0.15, 0.2) is 12.2 Å². The van der Waals surface area contributed by atoms with Gasteiger partial charge < -0.3 is 7.16 Å². The first kappa shape index (κ1) is 29.8. The average molecular weight is 414 g/mol. The Hall–Kier alpha value is 0.610. The van der Waals surface area contributed by atoms with Gasteiger partial charge in [-0.05, 0) is 32.1 Å². The SMILES string of the molecule is CCCCCCCC/C=C\CCCCCCCCCOS(=O)(=O)CCN.[H-].[Na+]. The molecule has 0 bridgehead atoms. The maximum absolute atomic E-state index is 11.3. The monoisotopic (exact) mass is 413 g/mol. The van der Waals surface area contributed by atoms with E-state index in [1.54, 1.807) is 0 Å². The number of unbranched alkanes of at least 4 members (excludes halogenated alkanes) is 13. The topological polar surface area (TPSA) is 69.4 Å². The number of nitrogens with two attached hydrogens (primary N) is 1. The van der Waals surface area contributed by atoms with Gasteiger partial charge in [-0.2, -0.15) is 8.42 Å². The van der Waals surface area contributed by atoms with E-state index in [4.69, 9.17) is 9.92 Å². The molecule has 0 heterocycles. The van der Waals surface area contributed by atoms with Gasteiger partial charge in [-0.25, -0.2) is 0 Å². The quantitative estimate of drug-likeness (QED) is 0.144. The van der Waals surface area contributed by atoms with Crippen LogP contribution in [-0.4, -0.2) is 27.3 Å². The largest absolute Gasteiger partial charge is 1.00 e. The molecule has 0 rings (SSSR count). The van der Waals surface area contributed by atoms with Gasteiger partial charge in [-0.3, -0.25) is 4.18 Å². The fourth-order valence-electron chi connectivity index (χ4n) is 2.92. The summed E-state index contributed by atoms with van der Waals surface area (Å²) in [7, 11) is -3.39. The Morgan fingerprint density at radius 3 is 1.70 bits per heavy atom. The van der Waals surface area contributed by atoms with Crippen molar-refractivity contribution in [1.29, 1.82) is 0 Å². The molecule has 0 spiro atoms. The van der Waals surface area contributed by atoms with E-state index in [0.29, 0.717) is 6.61 Å². The number of allylic oxidation sites excluding steroid dienone is 2. The molecule has 0 aromatic rings.